The van der Waals surface area contributed by atoms with Crippen LogP contribution in [0.15, 0.2) is 73.2 Å². The molecule has 0 spiro atoms. The van der Waals surface area contributed by atoms with Gasteiger partial charge in [0, 0.05) is 45.6 Å². The summed E-state index contributed by atoms with van der Waals surface area (Å²) in [5.41, 5.74) is 2.61. The molecule has 2 aromatic carbocycles. The van der Waals surface area contributed by atoms with E-state index in [1.54, 1.807) is 18.1 Å². The second kappa shape index (κ2) is 15.3. The lowest BCUT2D eigenvalue weighted by Crippen LogP contribution is -2.53. The first-order chi connectivity index (χ1) is 18.9. The number of imidazole rings is 1. The van der Waals surface area contributed by atoms with Crippen LogP contribution in [0.1, 0.15) is 29.7 Å². The third-order valence-corrected chi connectivity index (χ3v) is 6.33. The number of hydrogen-bond acceptors (Lipinski definition) is 6. The molecular weight excluding hydrogens is 498 g/mol. The van der Waals surface area contributed by atoms with Crippen LogP contribution in [0.3, 0.4) is 0 Å². The topological polar surface area (TPSA) is 117 Å². The number of ether oxygens (including phenoxy) is 2. The maximum atomic E-state index is 13.7. The van der Waals surface area contributed by atoms with Crippen LogP contribution in [0.2, 0.25) is 0 Å². The van der Waals surface area contributed by atoms with E-state index in [9.17, 15) is 14.4 Å². The van der Waals surface area contributed by atoms with E-state index in [-0.39, 0.29) is 44.5 Å². The summed E-state index contributed by atoms with van der Waals surface area (Å²) in [6.45, 7) is 2.88. The molecule has 39 heavy (non-hydrogen) atoms. The fraction of sp³-hybridized carbons (Fsp3) is 0.379. The number of hydrogen-bond donors (Lipinski definition) is 2. The van der Waals surface area contributed by atoms with E-state index in [0.717, 1.165) is 11.1 Å². The lowest BCUT2D eigenvalue weighted by atomic mass is 10.0. The van der Waals surface area contributed by atoms with Gasteiger partial charge in [-0.15, -0.1) is 0 Å². The highest BCUT2D eigenvalue weighted by Gasteiger charge is 2.29. The van der Waals surface area contributed by atoms with Gasteiger partial charge in [-0.1, -0.05) is 67.6 Å². The number of methoxy groups -OCH3 is 1. The molecule has 0 radical (unpaired) electrons. The van der Waals surface area contributed by atoms with Gasteiger partial charge in [0.1, 0.15) is 12.6 Å². The Labute approximate surface area is 229 Å². The Morgan fingerprint density at radius 1 is 1.05 bits per heavy atom. The molecule has 3 amide bonds. The second-order valence-corrected chi connectivity index (χ2v) is 9.38. The lowest BCUT2D eigenvalue weighted by Gasteiger charge is -2.29. The standard InChI is InChI=1S/C29H37N5O5/c1-22(24-12-8-5-9-13-24)18-33(2)27(35)19-34(14-15-38-3)28(36)26(16-25-17-30-21-31-25)32-29(37)39-20-23-10-6-4-7-11-23/h4-13,17,21-22,26H,14-16,18-20H2,1-3H3,(H,30,31)(H,32,37). The van der Waals surface area contributed by atoms with Crippen LogP contribution < -0.4 is 5.32 Å². The van der Waals surface area contributed by atoms with Crippen molar-refractivity contribution in [3.63, 3.8) is 0 Å². The van der Waals surface area contributed by atoms with E-state index in [0.29, 0.717) is 12.2 Å². The van der Waals surface area contributed by atoms with E-state index in [1.807, 2.05) is 60.7 Å². The highest BCUT2D eigenvalue weighted by molar-refractivity contribution is 5.89. The van der Waals surface area contributed by atoms with Crippen LogP contribution in [0.4, 0.5) is 4.79 Å². The van der Waals surface area contributed by atoms with Gasteiger partial charge in [-0.3, -0.25) is 9.59 Å². The van der Waals surface area contributed by atoms with Crippen LogP contribution in [0.5, 0.6) is 0 Å². The maximum absolute atomic E-state index is 13.7. The van der Waals surface area contributed by atoms with Gasteiger partial charge in [0.2, 0.25) is 11.8 Å². The van der Waals surface area contributed by atoms with Gasteiger partial charge in [0.05, 0.1) is 19.5 Å². The number of amides is 3. The Bertz CT molecular complexity index is 1160. The van der Waals surface area contributed by atoms with Gasteiger partial charge < -0.3 is 29.6 Å². The molecule has 0 aliphatic rings. The van der Waals surface area contributed by atoms with Crippen molar-refractivity contribution in [3.05, 3.63) is 90.0 Å². The largest absolute Gasteiger partial charge is 0.445 e. The molecule has 3 aromatic rings. The molecule has 0 bridgehead atoms. The molecule has 0 saturated heterocycles. The maximum Gasteiger partial charge on any atom is 0.408 e. The average molecular weight is 536 g/mol. The Balaban J connectivity index is 1.68. The van der Waals surface area contributed by atoms with Crippen LogP contribution in [0, 0.1) is 0 Å². The molecule has 3 rings (SSSR count). The van der Waals surface area contributed by atoms with Crippen molar-refractivity contribution in [2.24, 2.45) is 0 Å². The average Bonchev–Trinajstić information content (AvgIpc) is 3.47. The first-order valence-corrected chi connectivity index (χ1v) is 12.9. The number of H-pyrrole nitrogens is 1. The molecule has 0 fully saturated rings. The zero-order valence-corrected chi connectivity index (χ0v) is 22.7. The third kappa shape index (κ3) is 9.57. The Hall–Kier alpha value is -4.18. The zero-order valence-electron chi connectivity index (χ0n) is 22.7. The second-order valence-electron chi connectivity index (χ2n) is 9.38. The molecular formula is C29H37N5O5. The smallest absolute Gasteiger partial charge is 0.408 e. The molecule has 2 unspecified atom stereocenters. The van der Waals surface area contributed by atoms with Crippen LogP contribution in [0.25, 0.3) is 0 Å². The highest BCUT2D eigenvalue weighted by Crippen LogP contribution is 2.16. The van der Waals surface area contributed by atoms with Crippen molar-refractivity contribution in [2.75, 3.05) is 40.4 Å². The molecule has 0 saturated carbocycles. The fourth-order valence-electron chi connectivity index (χ4n) is 4.10. The number of carbonyl (C=O) groups excluding carboxylic acids is 3. The monoisotopic (exact) mass is 535 g/mol. The van der Waals surface area contributed by atoms with Crippen molar-refractivity contribution in [2.45, 2.75) is 31.9 Å². The van der Waals surface area contributed by atoms with Crippen LogP contribution >= 0.6 is 0 Å². The van der Waals surface area contributed by atoms with Crippen molar-refractivity contribution in [3.8, 4) is 0 Å². The van der Waals surface area contributed by atoms with Crippen LogP contribution in [-0.2, 0) is 32.1 Å². The predicted molar refractivity (Wildman–Crippen MR) is 147 cm³/mol. The summed E-state index contributed by atoms with van der Waals surface area (Å²) in [4.78, 5) is 49.5. The number of nitrogens with one attached hydrogen (secondary N) is 2. The van der Waals surface area contributed by atoms with Gasteiger partial charge >= 0.3 is 6.09 Å². The quantitative estimate of drug-likeness (QED) is 0.328. The fourth-order valence-corrected chi connectivity index (χ4v) is 4.10. The van der Waals surface area contributed by atoms with E-state index in [4.69, 9.17) is 9.47 Å². The number of nitrogens with zero attached hydrogens (tertiary/aromatic N) is 3. The van der Waals surface area contributed by atoms with Crippen molar-refractivity contribution in [1.82, 2.24) is 25.1 Å². The first kappa shape index (κ1) is 29.4. The SMILES string of the molecule is COCCN(CC(=O)N(C)CC(C)c1ccccc1)C(=O)C(Cc1cnc[nH]1)NC(=O)OCc1ccccc1. The number of rotatable bonds is 14. The van der Waals surface area contributed by atoms with Gasteiger partial charge in [-0.05, 0) is 17.0 Å². The van der Waals surface area contributed by atoms with Crippen molar-refractivity contribution < 1.29 is 23.9 Å². The minimum atomic E-state index is -0.980. The Kier molecular flexibility index (Phi) is 11.5. The summed E-state index contributed by atoms with van der Waals surface area (Å²) in [7, 11) is 3.25. The minimum Gasteiger partial charge on any atom is -0.445 e. The van der Waals surface area contributed by atoms with E-state index in [1.165, 1.54) is 18.3 Å². The summed E-state index contributed by atoms with van der Waals surface area (Å²) < 4.78 is 10.5. The molecule has 2 N–H and O–H groups in total. The molecule has 10 nitrogen and oxygen atoms in total. The van der Waals surface area contributed by atoms with E-state index >= 15 is 0 Å². The summed E-state index contributed by atoms with van der Waals surface area (Å²) in [5.74, 6) is -0.511. The summed E-state index contributed by atoms with van der Waals surface area (Å²) in [6, 6.07) is 18.2. The number of alkyl carbamates (subject to hydrolysis) is 1. The molecule has 0 aliphatic carbocycles. The molecule has 0 aliphatic heterocycles. The lowest BCUT2D eigenvalue weighted by molar-refractivity contribution is -0.141. The number of likely N-dealkylation sites (N-methyl/N-ethyl adjacent to an activating group) is 1. The van der Waals surface area contributed by atoms with Crippen LogP contribution in [-0.4, -0.2) is 84.1 Å². The van der Waals surface area contributed by atoms with Crippen molar-refractivity contribution in [1.29, 1.82) is 0 Å². The van der Waals surface area contributed by atoms with Gasteiger partial charge in [0.25, 0.3) is 0 Å². The van der Waals surface area contributed by atoms with Crippen molar-refractivity contribution >= 4 is 17.9 Å². The molecule has 208 valence electrons. The summed E-state index contributed by atoms with van der Waals surface area (Å²) >= 11 is 0. The van der Waals surface area contributed by atoms with Gasteiger partial charge in [0.15, 0.2) is 0 Å². The highest BCUT2D eigenvalue weighted by atomic mass is 16.5. The summed E-state index contributed by atoms with van der Waals surface area (Å²) in [6.07, 6.45) is 2.50. The molecule has 1 heterocycles. The van der Waals surface area contributed by atoms with E-state index in [2.05, 4.69) is 22.2 Å². The molecule has 10 heteroatoms. The number of aromatic amines is 1. The predicted octanol–water partition coefficient (Wildman–Crippen LogP) is 2.98. The number of aromatic nitrogens is 2. The van der Waals surface area contributed by atoms with Gasteiger partial charge in [-0.25, -0.2) is 9.78 Å². The summed E-state index contributed by atoms with van der Waals surface area (Å²) in [5, 5.41) is 2.67. The Morgan fingerprint density at radius 3 is 2.38 bits per heavy atom. The first-order valence-electron chi connectivity index (χ1n) is 12.9. The zero-order chi connectivity index (χ0) is 28.0. The third-order valence-electron chi connectivity index (χ3n) is 6.33. The molecule has 2 atom stereocenters. The number of benzene rings is 2. The van der Waals surface area contributed by atoms with Gasteiger partial charge in [-0.2, -0.15) is 0 Å². The van der Waals surface area contributed by atoms with E-state index < -0.39 is 18.0 Å². The number of carbonyl (C=O) groups is 3. The molecule has 1 aromatic heterocycles. The minimum absolute atomic E-state index is 0.0634. The normalized spacial score (nSPS) is 12.3. The Morgan fingerprint density at radius 2 is 1.74 bits per heavy atom.